The zero-order chi connectivity index (χ0) is 26.6. The van der Waals surface area contributed by atoms with Gasteiger partial charge < -0.3 is 10.6 Å². The number of alkyl halides is 6. The van der Waals surface area contributed by atoms with E-state index >= 15 is 0 Å². The molecular formula is C22H20Cl2F6N2O2S. The van der Waals surface area contributed by atoms with Gasteiger partial charge in [-0.05, 0) is 36.9 Å². The van der Waals surface area contributed by atoms with Crippen LogP contribution < -0.4 is 10.6 Å². The first-order valence-electron chi connectivity index (χ1n) is 10.1. The van der Waals surface area contributed by atoms with Gasteiger partial charge in [-0.3, -0.25) is 9.59 Å². The number of rotatable bonds is 9. The highest BCUT2D eigenvalue weighted by atomic mass is 35.5. The van der Waals surface area contributed by atoms with Crippen molar-refractivity contribution >= 4 is 52.5 Å². The summed E-state index contributed by atoms with van der Waals surface area (Å²) in [5.41, 5.74) is -6.99. The maximum atomic E-state index is 14.3. The Balaban J connectivity index is 2.34. The number of carbonyl (C=O) groups excluding carboxylic acids is 2. The van der Waals surface area contributed by atoms with E-state index in [2.05, 4.69) is 10.6 Å². The fraction of sp³-hybridized carbons (Fsp3) is 0.364. The number of benzene rings is 2. The third kappa shape index (κ3) is 6.56. The van der Waals surface area contributed by atoms with Gasteiger partial charge in [-0.25, -0.2) is 13.2 Å². The molecule has 192 valence electrons. The van der Waals surface area contributed by atoms with Crippen molar-refractivity contribution in [3.05, 3.63) is 63.1 Å². The average Bonchev–Trinajstić information content (AvgIpc) is 2.77. The summed E-state index contributed by atoms with van der Waals surface area (Å²) < 4.78 is 79.3. The molecule has 0 spiro atoms. The second-order valence-corrected chi connectivity index (χ2v) is 9.49. The fourth-order valence-corrected chi connectivity index (χ4v) is 4.18. The summed E-state index contributed by atoms with van der Waals surface area (Å²) in [5.74, 6) is -0.0821. The lowest BCUT2D eigenvalue weighted by Gasteiger charge is -2.27. The van der Waals surface area contributed by atoms with E-state index in [1.165, 1.54) is 18.2 Å². The van der Waals surface area contributed by atoms with Crippen LogP contribution in [0.2, 0.25) is 10.0 Å². The smallest absolute Gasteiger partial charge is 0.349 e. The van der Waals surface area contributed by atoms with Crippen molar-refractivity contribution in [2.24, 2.45) is 0 Å². The topological polar surface area (TPSA) is 58.2 Å². The van der Waals surface area contributed by atoms with Crippen LogP contribution in [0.4, 0.5) is 32.0 Å². The second kappa shape index (κ2) is 11.7. The number of hydrogen-bond donors (Lipinski definition) is 2. The molecule has 4 nitrogen and oxygen atoms in total. The normalized spacial score (nSPS) is 14.4. The molecule has 0 radical (unpaired) electrons. The van der Waals surface area contributed by atoms with Gasteiger partial charge in [0.25, 0.3) is 23.9 Å². The van der Waals surface area contributed by atoms with Gasteiger partial charge in [0, 0.05) is 17.4 Å². The number of hydrogen-bond acceptors (Lipinski definition) is 3. The number of amides is 2. The molecule has 0 saturated carbocycles. The first kappa shape index (κ1) is 29.1. The highest BCUT2D eigenvalue weighted by molar-refractivity contribution is 7.99. The number of halogens is 8. The average molecular weight is 561 g/mol. The van der Waals surface area contributed by atoms with Crippen LogP contribution in [0.1, 0.15) is 40.1 Å². The van der Waals surface area contributed by atoms with Crippen molar-refractivity contribution in [2.75, 3.05) is 16.8 Å². The summed E-state index contributed by atoms with van der Waals surface area (Å²) in [6, 6.07) is 5.39. The Bertz CT molecular complexity index is 1090. The Kier molecular flexibility index (Phi) is 9.78. The molecule has 2 N–H and O–H groups in total. The highest BCUT2D eigenvalue weighted by Gasteiger charge is 2.64. The molecule has 2 aromatic rings. The summed E-state index contributed by atoms with van der Waals surface area (Å²) >= 11 is 13.6. The summed E-state index contributed by atoms with van der Waals surface area (Å²) in [6.07, 6.45) is -10.3. The number of anilines is 1. The van der Waals surface area contributed by atoms with Crippen molar-refractivity contribution in [3.63, 3.8) is 0 Å². The minimum absolute atomic E-state index is 0.0312. The Morgan fingerprint density at radius 2 is 1.69 bits per heavy atom. The van der Waals surface area contributed by atoms with Crippen LogP contribution in [0, 0.1) is 0 Å². The van der Waals surface area contributed by atoms with E-state index in [4.69, 9.17) is 23.2 Å². The molecule has 0 aliphatic carbocycles. The van der Waals surface area contributed by atoms with Crippen LogP contribution in [0.5, 0.6) is 0 Å². The highest BCUT2D eigenvalue weighted by Crippen LogP contribution is 2.48. The number of carbonyl (C=O) groups is 2. The Morgan fingerprint density at radius 1 is 1.03 bits per heavy atom. The molecule has 0 heterocycles. The standard InChI is InChI=1S/C22H20Cl2F6N2O2S/c1-3-35-10-11(2)31-19(34)17-13(5-4-6-14(17)23)18(33)32-16-8-7-12(9-15(16)24)21(27,20(25)26)22(28,29)30/h4-9,11,20H,3,10H2,1-2H3,(H,31,34)(H,32,33)/t11-,21?/m0/s1. The quantitative estimate of drug-likeness (QED) is 0.321. The van der Waals surface area contributed by atoms with Crippen LogP contribution in [0.25, 0.3) is 0 Å². The van der Waals surface area contributed by atoms with Crippen LogP contribution in [-0.4, -0.2) is 42.0 Å². The molecule has 0 aliphatic rings. The van der Waals surface area contributed by atoms with Gasteiger partial charge in [0.2, 0.25) is 0 Å². The predicted octanol–water partition coefficient (Wildman–Crippen LogP) is 7.11. The van der Waals surface area contributed by atoms with E-state index in [1.807, 2.05) is 6.92 Å². The van der Waals surface area contributed by atoms with Gasteiger partial charge in [-0.2, -0.15) is 24.9 Å². The molecule has 0 bridgehead atoms. The minimum atomic E-state index is -5.91. The van der Waals surface area contributed by atoms with Crippen LogP contribution in [0.15, 0.2) is 36.4 Å². The molecule has 2 rings (SSSR count). The van der Waals surface area contributed by atoms with E-state index in [0.29, 0.717) is 17.9 Å². The molecule has 2 atom stereocenters. The molecule has 13 heteroatoms. The molecule has 1 unspecified atom stereocenters. The maximum Gasteiger partial charge on any atom is 0.432 e. The Morgan fingerprint density at radius 3 is 2.23 bits per heavy atom. The Labute approximate surface area is 211 Å². The van der Waals surface area contributed by atoms with Crippen molar-refractivity contribution in [1.29, 1.82) is 0 Å². The van der Waals surface area contributed by atoms with E-state index in [-0.39, 0.29) is 27.9 Å². The first-order chi connectivity index (χ1) is 16.2. The molecule has 0 saturated heterocycles. The zero-order valence-corrected chi connectivity index (χ0v) is 20.6. The van der Waals surface area contributed by atoms with Crippen LogP contribution in [0.3, 0.4) is 0 Å². The summed E-state index contributed by atoms with van der Waals surface area (Å²) in [4.78, 5) is 25.6. The summed E-state index contributed by atoms with van der Waals surface area (Å²) in [6.45, 7) is 3.72. The lowest BCUT2D eigenvalue weighted by Crippen LogP contribution is -2.44. The van der Waals surface area contributed by atoms with Gasteiger partial charge in [0.05, 0.1) is 26.9 Å². The molecule has 0 aromatic heterocycles. The third-order valence-electron chi connectivity index (χ3n) is 4.79. The summed E-state index contributed by atoms with van der Waals surface area (Å²) in [5, 5.41) is 4.34. The van der Waals surface area contributed by atoms with Crippen molar-refractivity contribution in [2.45, 2.75) is 38.2 Å². The van der Waals surface area contributed by atoms with Gasteiger partial charge in [-0.1, -0.05) is 42.3 Å². The third-order valence-corrected chi connectivity index (χ3v) is 6.56. The molecule has 35 heavy (non-hydrogen) atoms. The van der Waals surface area contributed by atoms with Gasteiger partial charge >= 0.3 is 6.18 Å². The van der Waals surface area contributed by atoms with Gasteiger partial charge in [0.15, 0.2) is 0 Å². The fourth-order valence-electron chi connectivity index (χ4n) is 3.02. The first-order valence-corrected chi connectivity index (χ1v) is 12.0. The molecule has 0 aliphatic heterocycles. The molecule has 0 fully saturated rings. The van der Waals surface area contributed by atoms with E-state index < -0.39 is 40.7 Å². The molecule has 2 aromatic carbocycles. The summed E-state index contributed by atoms with van der Waals surface area (Å²) in [7, 11) is 0. The molecule has 2 amide bonds. The van der Waals surface area contributed by atoms with Crippen LogP contribution >= 0.6 is 35.0 Å². The van der Waals surface area contributed by atoms with Crippen LogP contribution in [-0.2, 0) is 5.67 Å². The predicted molar refractivity (Wildman–Crippen MR) is 126 cm³/mol. The second-order valence-electron chi connectivity index (χ2n) is 7.36. The largest absolute Gasteiger partial charge is 0.432 e. The number of nitrogens with one attached hydrogen (secondary N) is 2. The Hall–Kier alpha value is -2.11. The van der Waals surface area contributed by atoms with E-state index in [9.17, 15) is 35.9 Å². The van der Waals surface area contributed by atoms with Crippen molar-refractivity contribution in [1.82, 2.24) is 5.32 Å². The SMILES string of the molecule is CCSC[C@H](C)NC(=O)c1c(Cl)cccc1C(=O)Nc1ccc(C(F)(C(F)F)C(F)(F)F)cc1Cl. The van der Waals surface area contributed by atoms with E-state index in [0.717, 1.165) is 11.8 Å². The maximum absolute atomic E-state index is 14.3. The minimum Gasteiger partial charge on any atom is -0.349 e. The van der Waals surface area contributed by atoms with Gasteiger partial charge in [0.1, 0.15) is 0 Å². The van der Waals surface area contributed by atoms with Crippen molar-refractivity contribution < 1.29 is 35.9 Å². The number of thioether (sulfide) groups is 1. The molecular weight excluding hydrogens is 541 g/mol. The lowest BCUT2D eigenvalue weighted by molar-refractivity contribution is -0.274. The monoisotopic (exact) mass is 560 g/mol. The van der Waals surface area contributed by atoms with Crippen molar-refractivity contribution in [3.8, 4) is 0 Å². The lowest BCUT2D eigenvalue weighted by atomic mass is 9.95. The zero-order valence-electron chi connectivity index (χ0n) is 18.3. The van der Waals surface area contributed by atoms with E-state index in [1.54, 1.807) is 18.7 Å². The van der Waals surface area contributed by atoms with Gasteiger partial charge in [-0.15, -0.1) is 0 Å².